The van der Waals surface area contributed by atoms with Crippen LogP contribution in [0.1, 0.15) is 64.2 Å². The number of methoxy groups -OCH3 is 1. The topological polar surface area (TPSA) is 80.9 Å². The molecule has 1 amide bonds. The average Bonchev–Trinajstić information content (AvgIpc) is 3.37. The second-order valence-corrected chi connectivity index (χ2v) is 11.2. The van der Waals surface area contributed by atoms with Crippen molar-refractivity contribution in [3.63, 3.8) is 0 Å². The zero-order valence-corrected chi connectivity index (χ0v) is 23.6. The minimum atomic E-state index is -0.564. The molecule has 0 spiro atoms. The maximum atomic E-state index is 13.3. The van der Waals surface area contributed by atoms with Crippen LogP contribution in [0, 0.1) is 5.82 Å². The highest BCUT2D eigenvalue weighted by Crippen LogP contribution is 2.37. The second kappa shape index (κ2) is 12.2. The van der Waals surface area contributed by atoms with Crippen LogP contribution in [0.4, 0.5) is 20.6 Å². The Hall–Kier alpha value is -3.46. The molecule has 0 N–H and O–H groups in total. The lowest BCUT2D eigenvalue weighted by Crippen LogP contribution is -2.45. The molecule has 1 aliphatic heterocycles. The molecule has 0 radical (unpaired) electrons. The fourth-order valence-corrected chi connectivity index (χ4v) is 4.94. The lowest BCUT2D eigenvalue weighted by Gasteiger charge is -2.40. The van der Waals surface area contributed by atoms with E-state index in [2.05, 4.69) is 22.2 Å². The summed E-state index contributed by atoms with van der Waals surface area (Å²) in [7, 11) is 1.69. The van der Waals surface area contributed by atoms with Crippen molar-refractivity contribution in [3.05, 3.63) is 71.6 Å². The van der Waals surface area contributed by atoms with Crippen molar-refractivity contribution >= 4 is 17.5 Å². The Morgan fingerprint density at radius 3 is 2.51 bits per heavy atom. The molecule has 210 valence electrons. The van der Waals surface area contributed by atoms with E-state index < -0.39 is 5.60 Å². The quantitative estimate of drug-likeness (QED) is 0.324. The van der Waals surface area contributed by atoms with E-state index in [1.807, 2.05) is 39.8 Å². The predicted octanol–water partition coefficient (Wildman–Crippen LogP) is 6.14. The van der Waals surface area contributed by atoms with Crippen LogP contribution < -0.4 is 9.80 Å². The molecule has 4 rings (SSSR count). The number of benzene rings is 2. The van der Waals surface area contributed by atoms with Crippen molar-refractivity contribution in [1.82, 2.24) is 10.1 Å². The molecule has 8 nitrogen and oxygen atoms in total. The van der Waals surface area contributed by atoms with Gasteiger partial charge in [-0.2, -0.15) is 4.98 Å². The van der Waals surface area contributed by atoms with Crippen LogP contribution in [0.5, 0.6) is 0 Å². The summed E-state index contributed by atoms with van der Waals surface area (Å²) in [4.78, 5) is 21.7. The monoisotopic (exact) mass is 538 g/mol. The minimum Gasteiger partial charge on any atom is -0.443 e. The molecule has 0 atom stereocenters. The van der Waals surface area contributed by atoms with Crippen LogP contribution >= 0.6 is 0 Å². The number of rotatable bonds is 9. The van der Waals surface area contributed by atoms with Gasteiger partial charge in [-0.1, -0.05) is 30.3 Å². The number of halogens is 1. The van der Waals surface area contributed by atoms with Gasteiger partial charge < -0.3 is 18.9 Å². The Morgan fingerprint density at radius 1 is 1.15 bits per heavy atom. The number of anilines is 2. The summed E-state index contributed by atoms with van der Waals surface area (Å²) >= 11 is 0. The summed E-state index contributed by atoms with van der Waals surface area (Å²) in [5.74, 6) is 0.876. The van der Waals surface area contributed by atoms with Gasteiger partial charge in [0.1, 0.15) is 11.4 Å². The number of carbonyl (C=O) groups excluding carboxylic acids is 1. The first-order chi connectivity index (χ1) is 18.6. The third-order valence-electron chi connectivity index (χ3n) is 6.91. The van der Waals surface area contributed by atoms with Gasteiger partial charge in [0.2, 0.25) is 5.89 Å². The van der Waals surface area contributed by atoms with Gasteiger partial charge in [0.05, 0.1) is 12.0 Å². The Labute approximate surface area is 230 Å². The maximum absolute atomic E-state index is 13.3. The molecule has 0 saturated carbocycles. The number of amides is 1. The number of aromatic nitrogens is 2. The molecular formula is C30H39FN4O4. The first kappa shape index (κ1) is 28.5. The number of hydrogen-bond acceptors (Lipinski definition) is 7. The molecule has 1 saturated heterocycles. The van der Waals surface area contributed by atoms with Crippen LogP contribution in [-0.4, -0.2) is 55.2 Å². The van der Waals surface area contributed by atoms with E-state index in [-0.39, 0.29) is 17.3 Å². The largest absolute Gasteiger partial charge is 0.443 e. The van der Waals surface area contributed by atoms with Crippen molar-refractivity contribution in [2.24, 2.45) is 0 Å². The first-order valence-electron chi connectivity index (χ1n) is 13.5. The Balaban J connectivity index is 1.48. The lowest BCUT2D eigenvalue weighted by molar-refractivity contribution is 0.0580. The lowest BCUT2D eigenvalue weighted by atomic mass is 9.78. The smallest absolute Gasteiger partial charge is 0.414 e. The van der Waals surface area contributed by atoms with Crippen LogP contribution in [0.15, 0.2) is 53.1 Å². The van der Waals surface area contributed by atoms with Crippen LogP contribution in [0.3, 0.4) is 0 Å². The van der Waals surface area contributed by atoms with Crippen molar-refractivity contribution in [1.29, 1.82) is 0 Å². The van der Waals surface area contributed by atoms with Gasteiger partial charge in [0, 0.05) is 44.5 Å². The molecule has 9 heteroatoms. The molecule has 1 aliphatic rings. The number of ether oxygens (including phenoxy) is 2. The summed E-state index contributed by atoms with van der Waals surface area (Å²) in [6.45, 7) is 10.3. The Morgan fingerprint density at radius 2 is 1.87 bits per heavy atom. The van der Waals surface area contributed by atoms with Crippen molar-refractivity contribution in [3.8, 4) is 0 Å². The molecule has 39 heavy (non-hydrogen) atoms. The van der Waals surface area contributed by atoms with E-state index in [1.165, 1.54) is 12.1 Å². The van der Waals surface area contributed by atoms with Gasteiger partial charge in [-0.15, -0.1) is 0 Å². The fraction of sp³-hybridized carbons (Fsp3) is 0.500. The number of piperidine rings is 1. The van der Waals surface area contributed by atoms with Gasteiger partial charge in [-0.25, -0.2) is 9.18 Å². The van der Waals surface area contributed by atoms with Crippen LogP contribution in [0.2, 0.25) is 0 Å². The molecule has 2 heterocycles. The molecule has 1 aromatic heterocycles. The summed E-state index contributed by atoms with van der Waals surface area (Å²) in [6.07, 6.45) is 2.49. The molecule has 0 bridgehead atoms. The van der Waals surface area contributed by atoms with E-state index in [4.69, 9.17) is 19.0 Å². The summed E-state index contributed by atoms with van der Waals surface area (Å²) < 4.78 is 30.3. The van der Waals surface area contributed by atoms with Crippen LogP contribution in [-0.2, 0) is 21.3 Å². The highest BCUT2D eigenvalue weighted by molar-refractivity contribution is 5.88. The van der Waals surface area contributed by atoms with Crippen molar-refractivity contribution < 1.29 is 23.2 Å². The summed E-state index contributed by atoms with van der Waals surface area (Å²) in [5.41, 5.74) is 1.83. The highest BCUT2D eigenvalue weighted by Gasteiger charge is 2.41. The number of nitrogens with zero attached hydrogens (tertiary/aromatic N) is 4. The Kier molecular flexibility index (Phi) is 8.90. The third kappa shape index (κ3) is 7.15. The van der Waals surface area contributed by atoms with Crippen molar-refractivity contribution in [2.75, 3.05) is 43.2 Å². The minimum absolute atomic E-state index is 0.271. The SMILES string of the molecule is CCCN(C(=O)OC(C)(C)C)c1cccc(N2CCC(COC)(c3nc(Cc4ccc(F)cc4)no3)CC2)c1. The highest BCUT2D eigenvalue weighted by atomic mass is 19.1. The van der Waals surface area contributed by atoms with Gasteiger partial charge in [0.15, 0.2) is 5.82 Å². The van der Waals surface area contributed by atoms with Crippen molar-refractivity contribution in [2.45, 2.75) is 64.4 Å². The molecule has 0 unspecified atom stereocenters. The standard InChI is InChI=1S/C30H39FN4O4/c1-6-16-35(28(36)38-29(2,3)4)25-9-7-8-24(20-25)34-17-14-30(15-18-34,21-37-5)27-32-26(33-39-27)19-22-10-12-23(31)13-11-22/h7-13,20H,6,14-19,21H2,1-5H3. The molecule has 0 aliphatic carbocycles. The van der Waals surface area contributed by atoms with Gasteiger partial charge in [0.25, 0.3) is 0 Å². The fourth-order valence-electron chi connectivity index (χ4n) is 4.94. The second-order valence-electron chi connectivity index (χ2n) is 11.2. The average molecular weight is 539 g/mol. The van der Waals surface area contributed by atoms with E-state index in [0.29, 0.717) is 31.3 Å². The maximum Gasteiger partial charge on any atom is 0.414 e. The van der Waals surface area contributed by atoms with Gasteiger partial charge in [-0.05, 0) is 75.9 Å². The molecule has 1 fully saturated rings. The van der Waals surface area contributed by atoms with E-state index >= 15 is 0 Å². The normalized spacial score (nSPS) is 15.3. The zero-order chi connectivity index (χ0) is 28.0. The molecular weight excluding hydrogens is 499 g/mol. The van der Waals surface area contributed by atoms with Gasteiger partial charge in [-0.3, -0.25) is 4.90 Å². The summed E-state index contributed by atoms with van der Waals surface area (Å²) in [5, 5.41) is 4.21. The molecule has 2 aromatic carbocycles. The van der Waals surface area contributed by atoms with Gasteiger partial charge >= 0.3 is 6.09 Å². The number of carbonyl (C=O) groups is 1. The third-order valence-corrected chi connectivity index (χ3v) is 6.91. The Bertz CT molecular complexity index is 1230. The predicted molar refractivity (Wildman–Crippen MR) is 149 cm³/mol. The van der Waals surface area contributed by atoms with Crippen LogP contribution in [0.25, 0.3) is 0 Å². The van der Waals surface area contributed by atoms with E-state index in [9.17, 15) is 9.18 Å². The number of hydrogen-bond donors (Lipinski definition) is 0. The molecule has 3 aromatic rings. The first-order valence-corrected chi connectivity index (χ1v) is 13.5. The van der Waals surface area contributed by atoms with E-state index in [0.717, 1.165) is 49.3 Å². The zero-order valence-electron chi connectivity index (χ0n) is 23.6. The van der Waals surface area contributed by atoms with E-state index in [1.54, 1.807) is 24.1 Å². The summed E-state index contributed by atoms with van der Waals surface area (Å²) in [6, 6.07) is 14.4.